The van der Waals surface area contributed by atoms with Crippen LogP contribution in [-0.2, 0) is 4.74 Å². The summed E-state index contributed by atoms with van der Waals surface area (Å²) in [5.74, 6) is -1.88. The van der Waals surface area contributed by atoms with Crippen LogP contribution in [0.3, 0.4) is 0 Å². The SMILES string of the molecule is CNC(=O)c1ncc(C(O)N2CCOCC2)cc1C(=N)N[C@H](C)c1cccc(C(F)F)c1F. The zero-order valence-corrected chi connectivity index (χ0v) is 18.2. The van der Waals surface area contributed by atoms with Crippen LogP contribution < -0.4 is 10.6 Å². The minimum absolute atomic E-state index is 0.0449. The molecule has 4 N–H and O–H groups in total. The molecule has 1 aliphatic rings. The predicted molar refractivity (Wildman–Crippen MR) is 115 cm³/mol. The summed E-state index contributed by atoms with van der Waals surface area (Å²) in [7, 11) is 1.41. The van der Waals surface area contributed by atoms with E-state index < -0.39 is 36.0 Å². The first kappa shape index (κ1) is 24.6. The van der Waals surface area contributed by atoms with E-state index in [0.29, 0.717) is 31.9 Å². The topological polar surface area (TPSA) is 111 Å². The van der Waals surface area contributed by atoms with Gasteiger partial charge in [0.25, 0.3) is 12.3 Å². The Kier molecular flexibility index (Phi) is 8.01. The normalized spacial score (nSPS) is 16.3. The lowest BCUT2D eigenvalue weighted by Gasteiger charge is -2.31. The molecule has 3 rings (SSSR count). The van der Waals surface area contributed by atoms with E-state index in [1.54, 1.807) is 4.90 Å². The fourth-order valence-corrected chi connectivity index (χ4v) is 3.59. The Bertz CT molecular complexity index is 1010. The molecule has 1 amide bonds. The number of aliphatic hydroxyl groups excluding tert-OH is 1. The van der Waals surface area contributed by atoms with Gasteiger partial charge >= 0.3 is 0 Å². The van der Waals surface area contributed by atoms with Crippen molar-refractivity contribution in [3.05, 3.63) is 64.2 Å². The van der Waals surface area contributed by atoms with Gasteiger partial charge in [-0.1, -0.05) is 18.2 Å². The summed E-state index contributed by atoms with van der Waals surface area (Å²) in [4.78, 5) is 18.2. The van der Waals surface area contributed by atoms with Gasteiger partial charge in [-0.2, -0.15) is 0 Å². The summed E-state index contributed by atoms with van der Waals surface area (Å²) >= 11 is 0. The number of alkyl halides is 2. The molecule has 1 saturated heterocycles. The van der Waals surface area contributed by atoms with E-state index in [1.807, 2.05) is 0 Å². The number of amides is 1. The number of hydrogen-bond donors (Lipinski definition) is 4. The summed E-state index contributed by atoms with van der Waals surface area (Å²) in [6.07, 6.45) is -2.64. The maximum Gasteiger partial charge on any atom is 0.270 e. The van der Waals surface area contributed by atoms with E-state index in [4.69, 9.17) is 10.1 Å². The number of halogens is 3. The molecule has 0 bridgehead atoms. The van der Waals surface area contributed by atoms with E-state index in [9.17, 15) is 23.1 Å². The number of nitrogens with zero attached hydrogens (tertiary/aromatic N) is 2. The molecule has 1 aromatic heterocycles. The van der Waals surface area contributed by atoms with Gasteiger partial charge in [0.05, 0.1) is 24.8 Å². The van der Waals surface area contributed by atoms with Gasteiger partial charge in [0.1, 0.15) is 23.6 Å². The number of aromatic nitrogens is 1. The molecule has 11 heteroatoms. The molecule has 0 saturated carbocycles. The van der Waals surface area contributed by atoms with Crippen molar-refractivity contribution in [3.63, 3.8) is 0 Å². The molecule has 1 aromatic carbocycles. The van der Waals surface area contributed by atoms with Crippen LogP contribution in [0, 0.1) is 11.2 Å². The van der Waals surface area contributed by atoms with Gasteiger partial charge in [-0.3, -0.25) is 15.1 Å². The number of aliphatic hydroxyl groups is 1. The average molecular weight is 465 g/mol. The predicted octanol–water partition coefficient (Wildman–Crippen LogP) is 2.52. The number of pyridine rings is 1. The largest absolute Gasteiger partial charge is 0.379 e. The van der Waals surface area contributed by atoms with Crippen molar-refractivity contribution in [1.82, 2.24) is 20.5 Å². The van der Waals surface area contributed by atoms with Crippen molar-refractivity contribution in [2.45, 2.75) is 25.6 Å². The highest BCUT2D eigenvalue weighted by atomic mass is 19.3. The molecule has 1 aliphatic heterocycles. The van der Waals surface area contributed by atoms with Crippen LogP contribution in [0.1, 0.15) is 58.4 Å². The molecule has 0 spiro atoms. The Balaban J connectivity index is 1.90. The highest BCUT2D eigenvalue weighted by Crippen LogP contribution is 2.28. The second kappa shape index (κ2) is 10.7. The summed E-state index contributed by atoms with van der Waals surface area (Å²) in [6.45, 7) is 3.44. The van der Waals surface area contributed by atoms with Crippen molar-refractivity contribution < 1.29 is 27.8 Å². The second-order valence-electron chi connectivity index (χ2n) is 7.56. The number of rotatable bonds is 7. The highest BCUT2D eigenvalue weighted by molar-refractivity contribution is 6.07. The van der Waals surface area contributed by atoms with Crippen LogP contribution in [0.25, 0.3) is 0 Å². The lowest BCUT2D eigenvalue weighted by molar-refractivity contribution is -0.0605. The number of amidine groups is 1. The van der Waals surface area contributed by atoms with Gasteiger partial charge in [0, 0.05) is 43.0 Å². The van der Waals surface area contributed by atoms with Crippen LogP contribution in [0.2, 0.25) is 0 Å². The van der Waals surface area contributed by atoms with E-state index in [-0.39, 0.29) is 22.7 Å². The molecule has 0 aliphatic carbocycles. The Morgan fingerprint density at radius 1 is 1.27 bits per heavy atom. The Hall–Kier alpha value is -3.02. The Morgan fingerprint density at radius 2 is 1.94 bits per heavy atom. The molecular weight excluding hydrogens is 439 g/mol. The van der Waals surface area contributed by atoms with Crippen molar-refractivity contribution in [2.24, 2.45) is 0 Å². The van der Waals surface area contributed by atoms with Crippen LogP contribution in [0.15, 0.2) is 30.5 Å². The maximum absolute atomic E-state index is 14.5. The molecule has 0 radical (unpaired) electrons. The number of hydrogen-bond acceptors (Lipinski definition) is 6. The van der Waals surface area contributed by atoms with E-state index in [2.05, 4.69) is 15.6 Å². The Morgan fingerprint density at radius 3 is 2.58 bits per heavy atom. The van der Waals surface area contributed by atoms with Crippen molar-refractivity contribution in [1.29, 1.82) is 5.41 Å². The summed E-state index contributed by atoms with van der Waals surface area (Å²) in [5, 5.41) is 24.4. The van der Waals surface area contributed by atoms with Gasteiger partial charge < -0.3 is 20.5 Å². The fraction of sp³-hybridized carbons (Fsp3) is 0.409. The van der Waals surface area contributed by atoms with E-state index >= 15 is 0 Å². The third kappa shape index (κ3) is 5.49. The second-order valence-corrected chi connectivity index (χ2v) is 7.56. The van der Waals surface area contributed by atoms with Crippen LogP contribution >= 0.6 is 0 Å². The Labute approximate surface area is 189 Å². The van der Waals surface area contributed by atoms with Crippen LogP contribution in [0.4, 0.5) is 13.2 Å². The zero-order chi connectivity index (χ0) is 24.1. The number of benzene rings is 1. The van der Waals surface area contributed by atoms with E-state index in [0.717, 1.165) is 6.07 Å². The smallest absolute Gasteiger partial charge is 0.270 e. The van der Waals surface area contributed by atoms with Gasteiger partial charge in [-0.15, -0.1) is 0 Å². The molecule has 33 heavy (non-hydrogen) atoms. The number of ether oxygens (including phenoxy) is 1. The van der Waals surface area contributed by atoms with Crippen molar-refractivity contribution >= 4 is 11.7 Å². The minimum Gasteiger partial charge on any atom is -0.379 e. The first-order valence-electron chi connectivity index (χ1n) is 10.4. The average Bonchev–Trinajstić information content (AvgIpc) is 2.83. The number of carbonyl (C=O) groups is 1. The van der Waals surface area contributed by atoms with Gasteiger partial charge in [-0.05, 0) is 13.0 Å². The molecule has 8 nitrogen and oxygen atoms in total. The zero-order valence-electron chi connectivity index (χ0n) is 18.2. The highest BCUT2D eigenvalue weighted by Gasteiger charge is 2.25. The molecular formula is C22H26F3N5O3. The molecule has 178 valence electrons. The first-order valence-corrected chi connectivity index (χ1v) is 10.4. The third-order valence-corrected chi connectivity index (χ3v) is 5.43. The van der Waals surface area contributed by atoms with E-state index in [1.165, 1.54) is 38.4 Å². The first-order chi connectivity index (χ1) is 15.7. The molecule has 2 heterocycles. The monoisotopic (exact) mass is 465 g/mol. The standard InChI is InChI=1S/C22H26F3N5O3/c1-12(14-4-3-5-15(17(14)23)19(24)25)29-20(26)16-10-13(11-28-18(16)21(31)27-2)22(32)30-6-8-33-9-7-30/h3-5,10-12,19,22,32H,6-9H2,1-2H3,(H2,26,29)(H,27,31)/t12-,22?/m1/s1. The van der Waals surface area contributed by atoms with Crippen LogP contribution in [-0.4, -0.2) is 60.1 Å². The lowest BCUT2D eigenvalue weighted by Crippen LogP contribution is -2.39. The fourth-order valence-electron chi connectivity index (χ4n) is 3.59. The molecule has 1 unspecified atom stereocenters. The number of carbonyl (C=O) groups excluding carboxylic acids is 1. The number of nitrogens with one attached hydrogen (secondary N) is 3. The minimum atomic E-state index is -2.97. The summed E-state index contributed by atoms with van der Waals surface area (Å²) in [5.41, 5.74) is -0.393. The molecule has 1 fully saturated rings. The van der Waals surface area contributed by atoms with Gasteiger partial charge in [0.2, 0.25) is 0 Å². The van der Waals surface area contributed by atoms with Crippen molar-refractivity contribution in [3.8, 4) is 0 Å². The van der Waals surface area contributed by atoms with Gasteiger partial charge in [-0.25, -0.2) is 18.2 Å². The quantitative estimate of drug-likeness (QED) is 0.370. The maximum atomic E-state index is 14.5. The van der Waals surface area contributed by atoms with Crippen molar-refractivity contribution in [2.75, 3.05) is 33.4 Å². The van der Waals surface area contributed by atoms with Gasteiger partial charge in [0.15, 0.2) is 0 Å². The summed E-state index contributed by atoms with van der Waals surface area (Å²) < 4.78 is 46.0. The number of morpholine rings is 1. The third-order valence-electron chi connectivity index (χ3n) is 5.43. The molecule has 2 aromatic rings. The summed E-state index contributed by atoms with van der Waals surface area (Å²) in [6, 6.07) is 4.28. The lowest BCUT2D eigenvalue weighted by atomic mass is 10.0. The van der Waals surface area contributed by atoms with Crippen LogP contribution in [0.5, 0.6) is 0 Å². The molecule has 2 atom stereocenters.